The molecule has 0 bridgehead atoms. The number of carbonyl (C=O) groups is 1. The summed E-state index contributed by atoms with van der Waals surface area (Å²) in [5.74, 6) is 0.815. The van der Waals surface area contributed by atoms with Gasteiger partial charge in [0, 0.05) is 13.0 Å². The van der Waals surface area contributed by atoms with E-state index in [2.05, 4.69) is 13.8 Å². The molecule has 0 aliphatic heterocycles. The topological polar surface area (TPSA) is 37.3 Å². The summed E-state index contributed by atoms with van der Waals surface area (Å²) < 4.78 is 0. The van der Waals surface area contributed by atoms with E-state index in [4.69, 9.17) is 5.11 Å². The van der Waals surface area contributed by atoms with E-state index in [1.807, 2.05) is 6.92 Å². The highest BCUT2D eigenvalue weighted by molar-refractivity contribution is 5.74. The summed E-state index contributed by atoms with van der Waals surface area (Å²) in [6, 6.07) is 0. The molecule has 0 saturated carbocycles. The summed E-state index contributed by atoms with van der Waals surface area (Å²) in [5.41, 5.74) is 0. The van der Waals surface area contributed by atoms with E-state index < -0.39 is 0 Å². The van der Waals surface area contributed by atoms with Crippen LogP contribution < -0.4 is 0 Å². The maximum absolute atomic E-state index is 9.81. The fourth-order valence-electron chi connectivity index (χ4n) is 0.917. The minimum absolute atomic E-state index is 0.255. The van der Waals surface area contributed by atoms with Crippen LogP contribution in [-0.2, 0) is 4.79 Å². The van der Waals surface area contributed by atoms with Gasteiger partial charge in [0.05, 0.1) is 0 Å². The molecule has 1 unspecified atom stereocenters. The molecule has 14 heavy (non-hydrogen) atoms. The number of unbranched alkanes of at least 4 members (excludes halogenated alkanes) is 1. The molecule has 0 heterocycles. The Kier molecular flexibility index (Phi) is 14.5. The molecule has 0 rings (SSSR count). The Bertz CT molecular complexity index is 117. The monoisotopic (exact) mass is 202 g/mol. The highest BCUT2D eigenvalue weighted by Crippen LogP contribution is 2.10. The molecule has 0 radical (unpaired) electrons. The van der Waals surface area contributed by atoms with Crippen LogP contribution >= 0.6 is 0 Å². The van der Waals surface area contributed by atoms with Gasteiger partial charge in [-0.05, 0) is 19.3 Å². The summed E-state index contributed by atoms with van der Waals surface area (Å²) in [6.07, 6.45) is 5.50. The number of aliphatic hydroxyl groups is 1. The van der Waals surface area contributed by atoms with Crippen molar-refractivity contribution < 1.29 is 9.90 Å². The smallest absolute Gasteiger partial charge is 0.129 e. The van der Waals surface area contributed by atoms with Gasteiger partial charge in [0.25, 0.3) is 0 Å². The first-order valence-electron chi connectivity index (χ1n) is 5.72. The van der Waals surface area contributed by atoms with E-state index in [0.717, 1.165) is 6.42 Å². The minimum atomic E-state index is 0.255. The van der Waals surface area contributed by atoms with Crippen molar-refractivity contribution in [1.82, 2.24) is 0 Å². The second-order valence-electron chi connectivity index (χ2n) is 3.65. The lowest BCUT2D eigenvalue weighted by Gasteiger charge is -2.08. The summed E-state index contributed by atoms with van der Waals surface area (Å²) >= 11 is 0. The zero-order chi connectivity index (χ0) is 11.4. The molecule has 2 nitrogen and oxygen atoms in total. The average Bonchev–Trinajstić information content (AvgIpc) is 2.20. The van der Waals surface area contributed by atoms with Crippen LogP contribution in [0.25, 0.3) is 0 Å². The summed E-state index contributed by atoms with van der Waals surface area (Å²) in [5, 5.41) is 8.75. The normalized spacial score (nSPS) is 11.5. The Labute approximate surface area is 88.7 Å². The molecule has 2 heteroatoms. The molecule has 86 valence electrons. The Morgan fingerprint density at radius 2 is 1.79 bits per heavy atom. The lowest BCUT2D eigenvalue weighted by molar-refractivity contribution is -0.116. The minimum Gasteiger partial charge on any atom is -0.396 e. The molecule has 0 aromatic heterocycles. The number of Topliss-reactive ketones (excluding diaryl/α,β-unsaturated/α-hetero) is 1. The fraction of sp³-hybridized carbons (Fsp3) is 0.917. The van der Waals surface area contributed by atoms with E-state index in [-0.39, 0.29) is 5.78 Å². The third-order valence-corrected chi connectivity index (χ3v) is 2.30. The largest absolute Gasteiger partial charge is 0.396 e. The van der Waals surface area contributed by atoms with Crippen molar-refractivity contribution in [3.8, 4) is 0 Å². The molecule has 0 aliphatic rings. The lowest BCUT2D eigenvalue weighted by atomic mass is 10.0. The molecule has 0 aromatic carbocycles. The van der Waals surface area contributed by atoms with E-state index in [0.29, 0.717) is 18.9 Å². The van der Waals surface area contributed by atoms with Gasteiger partial charge in [-0.15, -0.1) is 0 Å². The van der Waals surface area contributed by atoms with Gasteiger partial charge in [-0.2, -0.15) is 0 Å². The number of ketones is 1. The Morgan fingerprint density at radius 3 is 2.00 bits per heavy atom. The number of aliphatic hydroxyl groups excluding tert-OH is 1. The van der Waals surface area contributed by atoms with Crippen molar-refractivity contribution in [3.05, 3.63) is 0 Å². The maximum atomic E-state index is 9.81. The Morgan fingerprint density at radius 1 is 1.29 bits per heavy atom. The van der Waals surface area contributed by atoms with Crippen molar-refractivity contribution in [2.75, 3.05) is 6.61 Å². The van der Waals surface area contributed by atoms with Gasteiger partial charge in [0.15, 0.2) is 0 Å². The first-order valence-corrected chi connectivity index (χ1v) is 5.72. The van der Waals surface area contributed by atoms with Gasteiger partial charge in [-0.3, -0.25) is 0 Å². The summed E-state index contributed by atoms with van der Waals surface area (Å²) in [4.78, 5) is 9.81. The molecule has 1 N–H and O–H groups in total. The second-order valence-corrected chi connectivity index (χ2v) is 3.65. The average molecular weight is 202 g/mol. The van der Waals surface area contributed by atoms with Crippen LogP contribution in [0.4, 0.5) is 0 Å². The summed E-state index contributed by atoms with van der Waals surface area (Å²) in [7, 11) is 0. The lowest BCUT2D eigenvalue weighted by Crippen LogP contribution is -2.03. The SMILES string of the molecule is CCC(C)=O.CCCCC(CC)CO. The third-order valence-electron chi connectivity index (χ3n) is 2.30. The number of hydrogen-bond acceptors (Lipinski definition) is 2. The van der Waals surface area contributed by atoms with Gasteiger partial charge in [0.2, 0.25) is 0 Å². The van der Waals surface area contributed by atoms with Crippen LogP contribution in [0.15, 0.2) is 0 Å². The molecule has 0 fully saturated rings. The fourth-order valence-corrected chi connectivity index (χ4v) is 0.917. The van der Waals surface area contributed by atoms with Crippen LogP contribution in [-0.4, -0.2) is 17.5 Å². The van der Waals surface area contributed by atoms with Gasteiger partial charge >= 0.3 is 0 Å². The number of hydrogen-bond donors (Lipinski definition) is 1. The molecule has 0 saturated heterocycles. The van der Waals surface area contributed by atoms with Crippen LogP contribution in [0.1, 0.15) is 59.8 Å². The summed E-state index contributed by atoms with van der Waals surface area (Å²) in [6.45, 7) is 8.12. The van der Waals surface area contributed by atoms with Gasteiger partial charge in [-0.1, -0.05) is 40.0 Å². The van der Waals surface area contributed by atoms with Crippen molar-refractivity contribution in [1.29, 1.82) is 0 Å². The molecule has 0 aliphatic carbocycles. The molecular weight excluding hydrogens is 176 g/mol. The van der Waals surface area contributed by atoms with Crippen molar-refractivity contribution in [2.24, 2.45) is 5.92 Å². The van der Waals surface area contributed by atoms with E-state index in [1.54, 1.807) is 6.92 Å². The second kappa shape index (κ2) is 12.6. The molecule has 0 spiro atoms. The zero-order valence-corrected chi connectivity index (χ0v) is 10.2. The molecule has 0 amide bonds. The molecular formula is C12H26O2. The van der Waals surface area contributed by atoms with Crippen LogP contribution in [0.2, 0.25) is 0 Å². The highest BCUT2D eigenvalue weighted by atomic mass is 16.3. The quantitative estimate of drug-likeness (QED) is 0.718. The predicted octanol–water partition coefficient (Wildman–Crippen LogP) is 3.18. The number of carbonyl (C=O) groups excluding carboxylic acids is 1. The van der Waals surface area contributed by atoms with Crippen LogP contribution in [0, 0.1) is 5.92 Å². The standard InChI is InChI=1S/C8H18O.C4H8O/c1-3-5-6-8(4-2)7-9;1-3-4(2)5/h8-9H,3-7H2,1-2H3;3H2,1-2H3. The van der Waals surface area contributed by atoms with E-state index >= 15 is 0 Å². The van der Waals surface area contributed by atoms with Crippen LogP contribution in [0.3, 0.4) is 0 Å². The molecule has 0 aromatic rings. The van der Waals surface area contributed by atoms with Gasteiger partial charge in [0.1, 0.15) is 5.78 Å². The first-order chi connectivity index (χ1) is 6.62. The van der Waals surface area contributed by atoms with Crippen LogP contribution in [0.5, 0.6) is 0 Å². The van der Waals surface area contributed by atoms with Crippen molar-refractivity contribution >= 4 is 5.78 Å². The van der Waals surface area contributed by atoms with Gasteiger partial charge in [-0.25, -0.2) is 0 Å². The maximum Gasteiger partial charge on any atom is 0.129 e. The zero-order valence-electron chi connectivity index (χ0n) is 10.2. The highest BCUT2D eigenvalue weighted by Gasteiger charge is 2.01. The third kappa shape index (κ3) is 14.2. The Balaban J connectivity index is 0. The first kappa shape index (κ1) is 16.1. The van der Waals surface area contributed by atoms with Gasteiger partial charge < -0.3 is 9.90 Å². The number of rotatable bonds is 6. The Hall–Kier alpha value is -0.370. The van der Waals surface area contributed by atoms with E-state index in [1.165, 1.54) is 19.3 Å². The molecule has 1 atom stereocenters. The van der Waals surface area contributed by atoms with E-state index in [9.17, 15) is 4.79 Å². The predicted molar refractivity (Wildman–Crippen MR) is 61.4 cm³/mol. The van der Waals surface area contributed by atoms with Crippen molar-refractivity contribution in [2.45, 2.75) is 59.8 Å². The van der Waals surface area contributed by atoms with Crippen molar-refractivity contribution in [3.63, 3.8) is 0 Å².